The number of hydrogen-bond acceptors (Lipinski definition) is 9. The van der Waals surface area contributed by atoms with Crippen LogP contribution in [0.5, 0.6) is 5.75 Å². The molecular weight excluding hydrogens is 452 g/mol. The maximum absolute atomic E-state index is 10.9. The molecule has 0 bridgehead atoms. The van der Waals surface area contributed by atoms with Crippen molar-refractivity contribution in [3.63, 3.8) is 0 Å². The highest BCUT2D eigenvalue weighted by atomic mass is 16.6. The van der Waals surface area contributed by atoms with E-state index in [4.69, 9.17) is 4.74 Å². The number of pyridine rings is 2. The average Bonchev–Trinajstić information content (AvgIpc) is 3.44. The standard InChI is InChI=1S/C23H22N8O4/c1-23(2,32)14-35-18-7-19(22-16(8-24)10-26-30(22)13-18)15-3-4-20(25-9-15)28-11-17(12-28)29-6-5-21(27-29)31(33)34/h3-7,9-10,13,17,32H,11-12,14H2,1-2H3. The van der Waals surface area contributed by atoms with E-state index in [1.54, 1.807) is 41.6 Å². The molecule has 35 heavy (non-hydrogen) atoms. The Labute approximate surface area is 199 Å². The molecule has 1 fully saturated rings. The van der Waals surface area contributed by atoms with E-state index in [2.05, 4.69) is 26.2 Å². The SMILES string of the molecule is CC(C)(O)COc1cc(-c2ccc(N3CC(n4ccc([N+](=O)[O-])n4)C3)nc2)c2c(C#N)cnn2c1. The molecule has 12 heteroatoms. The predicted molar refractivity (Wildman–Crippen MR) is 125 cm³/mol. The molecule has 1 N–H and O–H groups in total. The lowest BCUT2D eigenvalue weighted by Crippen LogP contribution is -2.48. The third-order valence-electron chi connectivity index (χ3n) is 5.70. The molecule has 0 saturated carbocycles. The van der Waals surface area contributed by atoms with Gasteiger partial charge in [-0.2, -0.15) is 15.0 Å². The van der Waals surface area contributed by atoms with Gasteiger partial charge < -0.3 is 24.9 Å². The van der Waals surface area contributed by atoms with Gasteiger partial charge in [0.1, 0.15) is 30.3 Å². The van der Waals surface area contributed by atoms with Crippen molar-refractivity contribution in [3.8, 4) is 22.9 Å². The van der Waals surface area contributed by atoms with Crippen LogP contribution in [0.15, 0.2) is 49.1 Å². The van der Waals surface area contributed by atoms with Crippen molar-refractivity contribution in [2.24, 2.45) is 0 Å². The minimum absolute atomic E-state index is 0.0411. The van der Waals surface area contributed by atoms with Gasteiger partial charge in [-0.25, -0.2) is 9.50 Å². The summed E-state index contributed by atoms with van der Waals surface area (Å²) in [5.41, 5.74) is 1.58. The Balaban J connectivity index is 1.38. The highest BCUT2D eigenvalue weighted by Gasteiger charge is 2.32. The van der Waals surface area contributed by atoms with Gasteiger partial charge in [0.15, 0.2) is 0 Å². The van der Waals surface area contributed by atoms with E-state index in [0.29, 0.717) is 29.9 Å². The summed E-state index contributed by atoms with van der Waals surface area (Å²) in [6.07, 6.45) is 6.52. The second kappa shape index (κ2) is 8.37. The van der Waals surface area contributed by atoms with Gasteiger partial charge in [0.25, 0.3) is 0 Å². The Kier molecular flexibility index (Phi) is 5.33. The van der Waals surface area contributed by atoms with Crippen molar-refractivity contribution >= 4 is 17.2 Å². The molecule has 5 heterocycles. The fraction of sp³-hybridized carbons (Fsp3) is 0.304. The van der Waals surface area contributed by atoms with E-state index in [1.165, 1.54) is 12.3 Å². The molecule has 4 aromatic rings. The van der Waals surface area contributed by atoms with Crippen molar-refractivity contribution in [1.82, 2.24) is 24.4 Å². The molecule has 1 aliphatic rings. The molecule has 0 unspecified atom stereocenters. The maximum atomic E-state index is 10.9. The molecule has 4 aromatic heterocycles. The summed E-state index contributed by atoms with van der Waals surface area (Å²) in [7, 11) is 0. The number of nitriles is 1. The Hall–Kier alpha value is -4.50. The first-order chi connectivity index (χ1) is 16.7. The fourth-order valence-electron chi connectivity index (χ4n) is 3.91. The number of fused-ring (bicyclic) bond motifs is 1. The van der Waals surface area contributed by atoms with Crippen LogP contribution in [0.3, 0.4) is 0 Å². The Morgan fingerprint density at radius 1 is 1.31 bits per heavy atom. The van der Waals surface area contributed by atoms with Crippen LogP contribution in [0.25, 0.3) is 16.6 Å². The van der Waals surface area contributed by atoms with Crippen molar-refractivity contribution < 1.29 is 14.8 Å². The number of hydrogen-bond donors (Lipinski definition) is 1. The molecule has 0 aromatic carbocycles. The minimum atomic E-state index is -1.00. The van der Waals surface area contributed by atoms with Crippen molar-refractivity contribution in [2.45, 2.75) is 25.5 Å². The Morgan fingerprint density at radius 2 is 2.11 bits per heavy atom. The molecule has 0 amide bonds. The van der Waals surface area contributed by atoms with Gasteiger partial charge in [-0.1, -0.05) is 0 Å². The summed E-state index contributed by atoms with van der Waals surface area (Å²) < 4.78 is 8.97. The van der Waals surface area contributed by atoms with Gasteiger partial charge in [0.05, 0.1) is 46.4 Å². The summed E-state index contributed by atoms with van der Waals surface area (Å²) in [5, 5.41) is 38.7. The zero-order chi connectivity index (χ0) is 24.7. The lowest BCUT2D eigenvalue weighted by Gasteiger charge is -2.38. The summed E-state index contributed by atoms with van der Waals surface area (Å²) in [5.74, 6) is 1.11. The van der Waals surface area contributed by atoms with E-state index in [9.17, 15) is 20.5 Å². The minimum Gasteiger partial charge on any atom is -0.489 e. The highest BCUT2D eigenvalue weighted by molar-refractivity contribution is 5.85. The van der Waals surface area contributed by atoms with Crippen LogP contribution in [0.4, 0.5) is 11.6 Å². The summed E-state index contributed by atoms with van der Waals surface area (Å²) in [6, 6.07) is 9.22. The summed E-state index contributed by atoms with van der Waals surface area (Å²) >= 11 is 0. The van der Waals surface area contributed by atoms with E-state index in [1.807, 2.05) is 18.2 Å². The first-order valence-corrected chi connectivity index (χ1v) is 10.9. The van der Waals surface area contributed by atoms with Gasteiger partial charge in [-0.05, 0) is 37.0 Å². The van der Waals surface area contributed by atoms with Crippen molar-refractivity contribution in [3.05, 3.63) is 64.7 Å². The third-order valence-corrected chi connectivity index (χ3v) is 5.70. The normalized spacial score (nSPS) is 14.1. The second-order valence-corrected chi connectivity index (χ2v) is 9.03. The zero-order valence-electron chi connectivity index (χ0n) is 19.1. The van der Waals surface area contributed by atoms with E-state index in [0.717, 1.165) is 16.9 Å². The number of aliphatic hydroxyl groups is 1. The molecule has 12 nitrogen and oxygen atoms in total. The predicted octanol–water partition coefficient (Wildman–Crippen LogP) is 2.58. The Bertz CT molecular complexity index is 1440. The largest absolute Gasteiger partial charge is 0.489 e. The first-order valence-electron chi connectivity index (χ1n) is 10.9. The number of anilines is 1. The van der Waals surface area contributed by atoms with E-state index >= 15 is 0 Å². The van der Waals surface area contributed by atoms with Gasteiger partial charge in [0.2, 0.25) is 0 Å². The van der Waals surface area contributed by atoms with E-state index < -0.39 is 10.5 Å². The van der Waals surface area contributed by atoms with Crippen LogP contribution in [0.2, 0.25) is 0 Å². The molecule has 178 valence electrons. The first kappa shape index (κ1) is 22.3. The topological polar surface area (TPSA) is 148 Å². The van der Waals surface area contributed by atoms with Crippen molar-refractivity contribution in [2.75, 3.05) is 24.6 Å². The summed E-state index contributed by atoms with van der Waals surface area (Å²) in [6.45, 7) is 4.68. The van der Waals surface area contributed by atoms with Crippen LogP contribution in [-0.4, -0.2) is 59.7 Å². The smallest absolute Gasteiger partial charge is 0.389 e. The van der Waals surface area contributed by atoms with Gasteiger partial charge in [0, 0.05) is 30.4 Å². The van der Waals surface area contributed by atoms with E-state index in [-0.39, 0.29) is 18.5 Å². The zero-order valence-corrected chi connectivity index (χ0v) is 19.1. The molecule has 5 rings (SSSR count). The summed E-state index contributed by atoms with van der Waals surface area (Å²) in [4.78, 5) is 17.0. The number of aromatic nitrogens is 5. The van der Waals surface area contributed by atoms with Gasteiger partial charge in [-0.15, -0.1) is 0 Å². The fourth-order valence-corrected chi connectivity index (χ4v) is 3.91. The highest BCUT2D eigenvalue weighted by Crippen LogP contribution is 2.33. The monoisotopic (exact) mass is 474 g/mol. The number of ether oxygens (including phenoxy) is 1. The lowest BCUT2D eigenvalue weighted by molar-refractivity contribution is -0.389. The van der Waals surface area contributed by atoms with Gasteiger partial charge >= 0.3 is 5.82 Å². The number of rotatable bonds is 7. The average molecular weight is 474 g/mol. The van der Waals surface area contributed by atoms with Crippen LogP contribution in [-0.2, 0) is 0 Å². The molecule has 0 atom stereocenters. The molecule has 0 aliphatic carbocycles. The van der Waals surface area contributed by atoms with Crippen LogP contribution in [0.1, 0.15) is 25.5 Å². The quantitative estimate of drug-likeness (QED) is 0.315. The van der Waals surface area contributed by atoms with Crippen LogP contribution >= 0.6 is 0 Å². The van der Waals surface area contributed by atoms with Gasteiger partial charge in [-0.3, -0.25) is 0 Å². The van der Waals surface area contributed by atoms with Crippen molar-refractivity contribution in [1.29, 1.82) is 5.26 Å². The second-order valence-electron chi connectivity index (χ2n) is 9.03. The third kappa shape index (κ3) is 4.36. The lowest BCUT2D eigenvalue weighted by atomic mass is 10.0. The molecule has 0 radical (unpaired) electrons. The van der Waals surface area contributed by atoms with Crippen LogP contribution < -0.4 is 9.64 Å². The Morgan fingerprint density at radius 3 is 2.74 bits per heavy atom. The molecular formula is C23H22N8O4. The number of nitrogens with zero attached hydrogens (tertiary/aromatic N) is 8. The maximum Gasteiger partial charge on any atom is 0.389 e. The van der Waals surface area contributed by atoms with Crippen LogP contribution in [0, 0.1) is 21.4 Å². The number of nitro groups is 1. The molecule has 1 aliphatic heterocycles. The molecule has 0 spiro atoms. The molecule has 1 saturated heterocycles.